The van der Waals surface area contributed by atoms with Gasteiger partial charge in [-0.05, 0) is 24.3 Å². The van der Waals surface area contributed by atoms with Gasteiger partial charge in [0, 0.05) is 34.4 Å². The van der Waals surface area contributed by atoms with Crippen LogP contribution < -0.4 is 5.32 Å². The van der Waals surface area contributed by atoms with Crippen LogP contribution in [0.25, 0.3) is 27.7 Å². The van der Waals surface area contributed by atoms with E-state index in [1.54, 1.807) is 6.20 Å². The number of hydrogen-bond donors (Lipinski definition) is 1. The van der Waals surface area contributed by atoms with Gasteiger partial charge < -0.3 is 5.32 Å². The summed E-state index contributed by atoms with van der Waals surface area (Å²) in [6.07, 6.45) is 3.64. The molecule has 5 rings (SSSR count). The second kappa shape index (κ2) is 5.97. The highest BCUT2D eigenvalue weighted by Crippen LogP contribution is 2.26. The molecule has 1 N–H and O–H groups in total. The number of pyridine rings is 2. The van der Waals surface area contributed by atoms with Gasteiger partial charge in [-0.1, -0.05) is 48.5 Å². The lowest BCUT2D eigenvalue weighted by molar-refractivity contribution is 0.974. The molecular weight excluding hydrogens is 322 g/mol. The lowest BCUT2D eigenvalue weighted by atomic mass is 10.1. The molecule has 0 unspecified atom stereocenters. The topological polar surface area (TPSA) is 55.1 Å². The number of fused-ring (bicyclic) bond motifs is 2. The smallest absolute Gasteiger partial charge is 0.247 e. The molecule has 0 radical (unpaired) electrons. The fourth-order valence-electron chi connectivity index (χ4n) is 3.14. The SMILES string of the molecule is c1ccc(-c2cccc3nc(Nc4cccc5cnccc45)nn23)cc1. The van der Waals surface area contributed by atoms with Crippen molar-refractivity contribution < 1.29 is 0 Å². The quantitative estimate of drug-likeness (QED) is 0.519. The van der Waals surface area contributed by atoms with Crippen molar-refractivity contribution in [1.82, 2.24) is 19.6 Å². The second-order valence-electron chi connectivity index (χ2n) is 6.01. The summed E-state index contributed by atoms with van der Waals surface area (Å²) in [5.41, 5.74) is 3.87. The van der Waals surface area contributed by atoms with Crippen molar-refractivity contribution in [3.63, 3.8) is 0 Å². The van der Waals surface area contributed by atoms with Crippen LogP contribution >= 0.6 is 0 Å². The van der Waals surface area contributed by atoms with Crippen molar-refractivity contribution in [2.45, 2.75) is 0 Å². The molecule has 5 nitrogen and oxygen atoms in total. The monoisotopic (exact) mass is 337 g/mol. The molecule has 0 atom stereocenters. The Morgan fingerprint density at radius 3 is 2.62 bits per heavy atom. The van der Waals surface area contributed by atoms with Crippen LogP contribution in [0.2, 0.25) is 0 Å². The Balaban J connectivity index is 1.60. The van der Waals surface area contributed by atoms with Gasteiger partial charge in [0.05, 0.1) is 5.69 Å². The summed E-state index contributed by atoms with van der Waals surface area (Å²) < 4.78 is 1.87. The Bertz CT molecular complexity index is 1210. The molecule has 5 aromatic rings. The van der Waals surface area contributed by atoms with E-state index in [9.17, 15) is 0 Å². The van der Waals surface area contributed by atoms with Gasteiger partial charge in [0.1, 0.15) is 0 Å². The van der Waals surface area contributed by atoms with E-state index in [0.29, 0.717) is 5.95 Å². The molecule has 0 aliphatic carbocycles. The zero-order chi connectivity index (χ0) is 17.3. The zero-order valence-corrected chi connectivity index (χ0v) is 13.9. The Morgan fingerprint density at radius 1 is 0.808 bits per heavy atom. The van der Waals surface area contributed by atoms with Gasteiger partial charge >= 0.3 is 0 Å². The van der Waals surface area contributed by atoms with Crippen LogP contribution in [-0.4, -0.2) is 19.6 Å². The molecule has 0 saturated carbocycles. The third-order valence-electron chi connectivity index (χ3n) is 4.36. The molecule has 0 aliphatic rings. The first-order valence-corrected chi connectivity index (χ1v) is 8.39. The average molecular weight is 337 g/mol. The van der Waals surface area contributed by atoms with Crippen molar-refractivity contribution in [2.75, 3.05) is 5.32 Å². The van der Waals surface area contributed by atoms with Crippen LogP contribution in [0.5, 0.6) is 0 Å². The van der Waals surface area contributed by atoms with E-state index in [-0.39, 0.29) is 0 Å². The third-order valence-corrected chi connectivity index (χ3v) is 4.36. The minimum absolute atomic E-state index is 0.567. The molecule has 0 spiro atoms. The molecule has 3 aromatic heterocycles. The molecular formula is C21H15N5. The highest BCUT2D eigenvalue weighted by molar-refractivity contribution is 5.94. The van der Waals surface area contributed by atoms with E-state index < -0.39 is 0 Å². The minimum Gasteiger partial charge on any atom is -0.322 e. The number of anilines is 2. The van der Waals surface area contributed by atoms with Crippen LogP contribution in [-0.2, 0) is 0 Å². The molecule has 2 aromatic carbocycles. The molecule has 0 fully saturated rings. The Kier molecular flexibility index (Phi) is 3.35. The molecule has 26 heavy (non-hydrogen) atoms. The maximum absolute atomic E-state index is 4.67. The number of aromatic nitrogens is 4. The highest BCUT2D eigenvalue weighted by atomic mass is 15.4. The number of rotatable bonds is 3. The van der Waals surface area contributed by atoms with Gasteiger partial charge in [-0.15, -0.1) is 5.10 Å². The number of nitrogens with zero attached hydrogens (tertiary/aromatic N) is 4. The lowest BCUT2D eigenvalue weighted by Crippen LogP contribution is -1.96. The summed E-state index contributed by atoms with van der Waals surface area (Å²) >= 11 is 0. The van der Waals surface area contributed by atoms with Crippen LogP contribution in [0, 0.1) is 0 Å². The fourth-order valence-corrected chi connectivity index (χ4v) is 3.14. The molecule has 0 saturated heterocycles. The number of benzene rings is 2. The third kappa shape index (κ3) is 2.46. The number of nitrogens with one attached hydrogen (secondary N) is 1. The van der Waals surface area contributed by atoms with Crippen LogP contribution in [0.15, 0.2) is 85.2 Å². The summed E-state index contributed by atoms with van der Waals surface area (Å²) in [6, 6.07) is 24.2. The standard InChI is InChI=1S/C21H15N5/c1-2-6-15(7-3-1)19-10-5-11-20-24-21(25-26(19)20)23-18-9-4-8-16-14-22-13-12-17(16)18/h1-14H,(H,23,25). The van der Waals surface area contributed by atoms with E-state index in [4.69, 9.17) is 0 Å². The zero-order valence-electron chi connectivity index (χ0n) is 13.9. The molecule has 0 aliphatic heterocycles. The summed E-state index contributed by atoms with van der Waals surface area (Å²) in [6.45, 7) is 0. The molecule has 124 valence electrons. The van der Waals surface area contributed by atoms with Gasteiger partial charge in [-0.2, -0.15) is 4.98 Å². The summed E-state index contributed by atoms with van der Waals surface area (Å²) in [7, 11) is 0. The molecule has 5 heteroatoms. The fraction of sp³-hybridized carbons (Fsp3) is 0. The maximum Gasteiger partial charge on any atom is 0.247 e. The Morgan fingerprint density at radius 2 is 1.69 bits per heavy atom. The van der Waals surface area contributed by atoms with Gasteiger partial charge in [-0.25, -0.2) is 4.52 Å². The van der Waals surface area contributed by atoms with E-state index in [0.717, 1.165) is 33.4 Å². The van der Waals surface area contributed by atoms with E-state index in [2.05, 4.69) is 32.5 Å². The van der Waals surface area contributed by atoms with Crippen LogP contribution in [0.4, 0.5) is 11.6 Å². The summed E-state index contributed by atoms with van der Waals surface area (Å²) in [5, 5.41) is 10.2. The first-order valence-electron chi connectivity index (χ1n) is 8.39. The van der Waals surface area contributed by atoms with Gasteiger partial charge in [0.25, 0.3) is 0 Å². The van der Waals surface area contributed by atoms with E-state index in [1.807, 2.05) is 71.4 Å². The van der Waals surface area contributed by atoms with Crippen LogP contribution in [0.1, 0.15) is 0 Å². The predicted molar refractivity (Wildman–Crippen MR) is 103 cm³/mol. The predicted octanol–water partition coefficient (Wildman–Crippen LogP) is 4.69. The Labute approximate surface area is 150 Å². The van der Waals surface area contributed by atoms with E-state index >= 15 is 0 Å². The van der Waals surface area contributed by atoms with Gasteiger partial charge in [0.15, 0.2) is 5.65 Å². The van der Waals surface area contributed by atoms with Gasteiger partial charge in [0.2, 0.25) is 5.95 Å². The lowest BCUT2D eigenvalue weighted by Gasteiger charge is -2.06. The first-order chi connectivity index (χ1) is 12.9. The first kappa shape index (κ1) is 14.6. The largest absolute Gasteiger partial charge is 0.322 e. The minimum atomic E-state index is 0.567. The Hall–Kier alpha value is -3.73. The maximum atomic E-state index is 4.67. The van der Waals surface area contributed by atoms with Crippen molar-refractivity contribution in [3.05, 3.63) is 85.2 Å². The summed E-state index contributed by atoms with van der Waals surface area (Å²) in [4.78, 5) is 8.80. The van der Waals surface area contributed by atoms with Crippen LogP contribution in [0.3, 0.4) is 0 Å². The van der Waals surface area contributed by atoms with Crippen molar-refractivity contribution in [1.29, 1.82) is 0 Å². The normalized spacial score (nSPS) is 11.1. The molecule has 3 heterocycles. The summed E-state index contributed by atoms with van der Waals surface area (Å²) in [5.74, 6) is 0.567. The molecule has 0 amide bonds. The number of hydrogen-bond acceptors (Lipinski definition) is 4. The van der Waals surface area contributed by atoms with E-state index in [1.165, 1.54) is 0 Å². The molecule has 0 bridgehead atoms. The highest BCUT2D eigenvalue weighted by Gasteiger charge is 2.10. The average Bonchev–Trinajstić information content (AvgIpc) is 3.11. The second-order valence-corrected chi connectivity index (χ2v) is 6.01. The van der Waals surface area contributed by atoms with Gasteiger partial charge in [-0.3, -0.25) is 4.98 Å². The van der Waals surface area contributed by atoms with Crippen molar-refractivity contribution in [2.24, 2.45) is 0 Å². The van der Waals surface area contributed by atoms with Crippen molar-refractivity contribution >= 4 is 28.1 Å². The van der Waals surface area contributed by atoms with Crippen molar-refractivity contribution in [3.8, 4) is 11.3 Å².